The zero-order chi connectivity index (χ0) is 9.72. The molecule has 0 bridgehead atoms. The predicted molar refractivity (Wildman–Crippen MR) is 50.7 cm³/mol. The minimum absolute atomic E-state index is 0.0231. The molecule has 1 atom stereocenters. The van der Waals surface area contributed by atoms with Gasteiger partial charge in [0.25, 0.3) is 0 Å². The second kappa shape index (κ2) is 5.14. The Morgan fingerprint density at radius 3 is 1.92 bits per heavy atom. The molecule has 1 amide bonds. The number of amides is 1. The summed E-state index contributed by atoms with van der Waals surface area (Å²) < 4.78 is 0. The molecule has 3 heteroatoms. The van der Waals surface area contributed by atoms with E-state index in [4.69, 9.17) is 5.73 Å². The molecule has 0 aliphatic carbocycles. The van der Waals surface area contributed by atoms with Crippen LogP contribution in [0.3, 0.4) is 0 Å². The fourth-order valence-corrected chi connectivity index (χ4v) is 0.876. The van der Waals surface area contributed by atoms with Gasteiger partial charge in [-0.15, -0.1) is 0 Å². The number of carbonyl (C=O) groups is 1. The van der Waals surface area contributed by atoms with Gasteiger partial charge in [-0.05, 0) is 19.4 Å². The van der Waals surface area contributed by atoms with E-state index in [1.807, 2.05) is 11.9 Å². The van der Waals surface area contributed by atoms with Crippen LogP contribution in [0.25, 0.3) is 0 Å². The Kier molecular flexibility index (Phi) is 4.90. The molecule has 1 fully saturated rings. The molecule has 1 aliphatic rings. The normalized spacial score (nSPS) is 22.6. The van der Waals surface area contributed by atoms with Gasteiger partial charge in [-0.25, -0.2) is 0 Å². The van der Waals surface area contributed by atoms with Crippen molar-refractivity contribution in [3.05, 3.63) is 0 Å². The maximum Gasteiger partial charge on any atom is 0.234 e. The van der Waals surface area contributed by atoms with E-state index in [1.54, 1.807) is 0 Å². The first kappa shape index (κ1) is 11.4. The van der Waals surface area contributed by atoms with Gasteiger partial charge in [0.2, 0.25) is 5.91 Å². The SMILES string of the molecule is CC(C)C.CN1CC[C@H]1C(N)=O. The molecule has 0 spiro atoms. The molecular weight excluding hydrogens is 152 g/mol. The fraction of sp³-hybridized carbons (Fsp3) is 0.889. The maximum absolute atomic E-state index is 10.4. The number of carbonyl (C=O) groups excluding carboxylic acids is 1. The third kappa shape index (κ3) is 4.34. The summed E-state index contributed by atoms with van der Waals surface area (Å²) in [4.78, 5) is 12.3. The van der Waals surface area contributed by atoms with Gasteiger partial charge in [-0.2, -0.15) is 0 Å². The van der Waals surface area contributed by atoms with Crippen molar-refractivity contribution in [2.75, 3.05) is 13.6 Å². The zero-order valence-electron chi connectivity index (χ0n) is 8.50. The topological polar surface area (TPSA) is 46.3 Å². The smallest absolute Gasteiger partial charge is 0.234 e. The van der Waals surface area contributed by atoms with Crippen LogP contribution in [0.5, 0.6) is 0 Å². The molecule has 1 rings (SSSR count). The molecule has 72 valence electrons. The second-order valence-electron chi connectivity index (χ2n) is 3.92. The van der Waals surface area contributed by atoms with Gasteiger partial charge in [0, 0.05) is 6.54 Å². The van der Waals surface area contributed by atoms with Crippen molar-refractivity contribution in [2.24, 2.45) is 11.7 Å². The van der Waals surface area contributed by atoms with Crippen LogP contribution in [-0.2, 0) is 4.79 Å². The highest BCUT2D eigenvalue weighted by molar-refractivity contribution is 5.80. The molecule has 0 unspecified atom stereocenters. The quantitative estimate of drug-likeness (QED) is 0.637. The lowest BCUT2D eigenvalue weighted by Gasteiger charge is -2.34. The van der Waals surface area contributed by atoms with Crippen molar-refractivity contribution in [1.82, 2.24) is 4.90 Å². The van der Waals surface area contributed by atoms with E-state index >= 15 is 0 Å². The zero-order valence-corrected chi connectivity index (χ0v) is 8.50. The summed E-state index contributed by atoms with van der Waals surface area (Å²) in [7, 11) is 1.90. The minimum Gasteiger partial charge on any atom is -0.368 e. The molecule has 0 saturated carbocycles. The van der Waals surface area contributed by atoms with E-state index in [9.17, 15) is 4.79 Å². The number of rotatable bonds is 1. The Balaban J connectivity index is 0.000000261. The van der Waals surface area contributed by atoms with Gasteiger partial charge in [0.1, 0.15) is 0 Å². The number of likely N-dealkylation sites (N-methyl/N-ethyl adjacent to an activating group) is 1. The molecular formula is C9H20N2O. The molecule has 12 heavy (non-hydrogen) atoms. The molecule has 1 saturated heterocycles. The molecule has 0 aromatic rings. The number of nitrogens with two attached hydrogens (primary N) is 1. The first-order valence-electron chi connectivity index (χ1n) is 4.44. The Bertz CT molecular complexity index is 143. The Morgan fingerprint density at radius 2 is 1.92 bits per heavy atom. The summed E-state index contributed by atoms with van der Waals surface area (Å²) in [5.74, 6) is 0.638. The van der Waals surface area contributed by atoms with Gasteiger partial charge >= 0.3 is 0 Å². The van der Waals surface area contributed by atoms with Gasteiger partial charge in [-0.3, -0.25) is 9.69 Å². The van der Waals surface area contributed by atoms with Crippen molar-refractivity contribution in [2.45, 2.75) is 33.2 Å². The summed E-state index contributed by atoms with van der Waals surface area (Å²) in [5, 5.41) is 0. The van der Waals surface area contributed by atoms with Gasteiger partial charge in [0.15, 0.2) is 0 Å². The molecule has 3 nitrogen and oxygen atoms in total. The highest BCUT2D eigenvalue weighted by Gasteiger charge is 2.28. The van der Waals surface area contributed by atoms with Gasteiger partial charge < -0.3 is 5.73 Å². The number of hydrogen-bond donors (Lipinski definition) is 1. The summed E-state index contributed by atoms with van der Waals surface area (Å²) in [5.41, 5.74) is 5.01. The molecule has 1 aliphatic heterocycles. The van der Waals surface area contributed by atoms with E-state index in [2.05, 4.69) is 20.8 Å². The Morgan fingerprint density at radius 1 is 1.50 bits per heavy atom. The molecule has 2 N–H and O–H groups in total. The summed E-state index contributed by atoms with van der Waals surface area (Å²) in [6.45, 7) is 7.51. The van der Waals surface area contributed by atoms with Crippen LogP contribution in [0.1, 0.15) is 27.2 Å². The van der Waals surface area contributed by atoms with Gasteiger partial charge in [-0.1, -0.05) is 20.8 Å². The van der Waals surface area contributed by atoms with Crippen LogP contribution in [0.4, 0.5) is 0 Å². The maximum atomic E-state index is 10.4. The largest absolute Gasteiger partial charge is 0.368 e. The third-order valence-corrected chi connectivity index (χ3v) is 1.62. The van der Waals surface area contributed by atoms with Crippen LogP contribution in [0.2, 0.25) is 0 Å². The van der Waals surface area contributed by atoms with E-state index in [0.29, 0.717) is 0 Å². The molecule has 0 aromatic heterocycles. The molecule has 0 aromatic carbocycles. The third-order valence-electron chi connectivity index (χ3n) is 1.62. The van der Waals surface area contributed by atoms with Crippen molar-refractivity contribution < 1.29 is 4.79 Å². The summed E-state index contributed by atoms with van der Waals surface area (Å²) in [6, 6.07) is 0.0231. The molecule has 1 heterocycles. The average molecular weight is 172 g/mol. The van der Waals surface area contributed by atoms with E-state index in [0.717, 1.165) is 18.9 Å². The highest BCUT2D eigenvalue weighted by Crippen LogP contribution is 2.12. The monoisotopic (exact) mass is 172 g/mol. The van der Waals surface area contributed by atoms with Crippen molar-refractivity contribution >= 4 is 5.91 Å². The average Bonchev–Trinajstić information content (AvgIpc) is 1.82. The van der Waals surface area contributed by atoms with Crippen LogP contribution in [-0.4, -0.2) is 30.4 Å². The van der Waals surface area contributed by atoms with Gasteiger partial charge in [0.05, 0.1) is 6.04 Å². The number of likely N-dealkylation sites (tertiary alicyclic amines) is 1. The first-order valence-corrected chi connectivity index (χ1v) is 4.44. The van der Waals surface area contributed by atoms with Crippen molar-refractivity contribution in [3.63, 3.8) is 0 Å². The molecule has 0 radical (unpaired) electrons. The van der Waals surface area contributed by atoms with Crippen LogP contribution >= 0.6 is 0 Å². The Labute approximate surface area is 74.9 Å². The lowest BCUT2D eigenvalue weighted by Crippen LogP contribution is -2.52. The van der Waals surface area contributed by atoms with Crippen LogP contribution in [0.15, 0.2) is 0 Å². The minimum atomic E-state index is -0.196. The van der Waals surface area contributed by atoms with E-state index in [-0.39, 0.29) is 11.9 Å². The number of nitrogens with zero attached hydrogens (tertiary/aromatic N) is 1. The second-order valence-corrected chi connectivity index (χ2v) is 3.92. The van der Waals surface area contributed by atoms with Crippen molar-refractivity contribution in [3.8, 4) is 0 Å². The lowest BCUT2D eigenvalue weighted by molar-refractivity contribution is -0.126. The number of primary amides is 1. The highest BCUT2D eigenvalue weighted by atomic mass is 16.1. The van der Waals surface area contributed by atoms with Crippen molar-refractivity contribution in [1.29, 1.82) is 0 Å². The summed E-state index contributed by atoms with van der Waals surface area (Å²) in [6.07, 6.45) is 0.936. The number of hydrogen-bond acceptors (Lipinski definition) is 2. The fourth-order valence-electron chi connectivity index (χ4n) is 0.876. The van der Waals surface area contributed by atoms with E-state index in [1.165, 1.54) is 0 Å². The van der Waals surface area contributed by atoms with Crippen LogP contribution in [0, 0.1) is 5.92 Å². The van der Waals surface area contributed by atoms with E-state index < -0.39 is 0 Å². The first-order chi connectivity index (χ1) is 5.45. The van der Waals surface area contributed by atoms with Crippen LogP contribution < -0.4 is 5.73 Å². The Hall–Kier alpha value is -0.570. The lowest BCUT2D eigenvalue weighted by atomic mass is 10.0. The predicted octanol–water partition coefficient (Wildman–Crippen LogP) is 0.838. The summed E-state index contributed by atoms with van der Waals surface area (Å²) >= 11 is 0. The standard InChI is InChI=1S/C5H10N2O.C4H10/c1-7-3-2-4(7)5(6)8;1-4(2)3/h4H,2-3H2,1H3,(H2,6,8);4H,1-3H3/t4-;/m0./s1.